The largest absolute Gasteiger partial charge is 0.477 e. The Morgan fingerprint density at radius 1 is 1.53 bits per heavy atom. The maximum absolute atomic E-state index is 11.6. The van der Waals surface area contributed by atoms with Gasteiger partial charge in [0.05, 0.1) is 0 Å². The van der Waals surface area contributed by atoms with Crippen LogP contribution in [0.5, 0.6) is 0 Å². The van der Waals surface area contributed by atoms with Crippen molar-refractivity contribution < 1.29 is 14.7 Å². The summed E-state index contributed by atoms with van der Waals surface area (Å²) in [4.78, 5) is 28.2. The first kappa shape index (κ1) is 13.3. The number of aromatic nitrogens is 1. The quantitative estimate of drug-likeness (QED) is 0.853. The maximum atomic E-state index is 11.6. The molecular weight excluding hydrogens is 246 g/mol. The minimum atomic E-state index is -1.04. The molecule has 2 N–H and O–H groups in total. The molecule has 1 aliphatic rings. The Balaban J connectivity index is 1.97. The number of likely N-dealkylation sites (tertiary alicyclic amines) is 1. The van der Waals surface area contributed by atoms with E-state index in [0.717, 1.165) is 13.0 Å². The van der Waals surface area contributed by atoms with Crippen LogP contribution < -0.4 is 5.32 Å². The van der Waals surface area contributed by atoms with Crippen molar-refractivity contribution in [3.63, 3.8) is 0 Å². The van der Waals surface area contributed by atoms with Gasteiger partial charge in [0, 0.05) is 25.6 Å². The molecule has 0 aliphatic carbocycles. The van der Waals surface area contributed by atoms with Gasteiger partial charge in [0.2, 0.25) is 5.91 Å². The van der Waals surface area contributed by atoms with E-state index in [9.17, 15) is 9.59 Å². The molecule has 6 nitrogen and oxygen atoms in total. The molecule has 0 aromatic carbocycles. The zero-order valence-corrected chi connectivity index (χ0v) is 10.8. The van der Waals surface area contributed by atoms with E-state index in [2.05, 4.69) is 10.3 Å². The molecule has 2 heterocycles. The number of hydrogen-bond donors (Lipinski definition) is 2. The summed E-state index contributed by atoms with van der Waals surface area (Å²) < 4.78 is 0. The average Bonchev–Trinajstić information content (AvgIpc) is 2.86. The predicted octanol–water partition coefficient (Wildman–Crippen LogP) is 1.20. The van der Waals surface area contributed by atoms with Crippen LogP contribution in [0.15, 0.2) is 18.2 Å². The summed E-state index contributed by atoms with van der Waals surface area (Å²) in [6, 6.07) is 4.97. The molecule has 19 heavy (non-hydrogen) atoms. The molecule has 1 aromatic rings. The Hall–Kier alpha value is -2.11. The Bertz CT molecular complexity index is 490. The third-order valence-corrected chi connectivity index (χ3v) is 3.16. The molecule has 1 unspecified atom stereocenters. The van der Waals surface area contributed by atoms with Crippen LogP contribution in [0.25, 0.3) is 0 Å². The molecule has 0 radical (unpaired) electrons. The second-order valence-electron chi connectivity index (χ2n) is 4.54. The van der Waals surface area contributed by atoms with Gasteiger partial charge in [-0.2, -0.15) is 0 Å². The molecule has 1 aromatic heterocycles. The van der Waals surface area contributed by atoms with Crippen LogP contribution in [0, 0.1) is 0 Å². The lowest BCUT2D eigenvalue weighted by atomic mass is 10.2. The number of carbonyl (C=O) groups excluding carboxylic acids is 1. The van der Waals surface area contributed by atoms with Crippen LogP contribution in [-0.4, -0.2) is 46.0 Å². The van der Waals surface area contributed by atoms with Gasteiger partial charge < -0.3 is 15.3 Å². The highest BCUT2D eigenvalue weighted by Gasteiger charge is 2.25. The molecular formula is C13H17N3O3. The Kier molecular flexibility index (Phi) is 3.99. The molecule has 0 spiro atoms. The Morgan fingerprint density at radius 2 is 2.32 bits per heavy atom. The number of hydrogen-bond acceptors (Lipinski definition) is 4. The van der Waals surface area contributed by atoms with Gasteiger partial charge in [-0.3, -0.25) is 4.79 Å². The molecule has 0 saturated carbocycles. The van der Waals surface area contributed by atoms with Crippen LogP contribution in [0.3, 0.4) is 0 Å². The first-order valence-electron chi connectivity index (χ1n) is 6.34. The van der Waals surface area contributed by atoms with E-state index in [-0.39, 0.29) is 17.6 Å². The zero-order valence-electron chi connectivity index (χ0n) is 10.8. The summed E-state index contributed by atoms with van der Waals surface area (Å²) in [5.74, 6) is -0.356. The lowest BCUT2D eigenvalue weighted by molar-refractivity contribution is -0.129. The fourth-order valence-electron chi connectivity index (χ4n) is 2.17. The van der Waals surface area contributed by atoms with Gasteiger partial charge in [-0.1, -0.05) is 13.0 Å². The Morgan fingerprint density at radius 3 is 3.00 bits per heavy atom. The van der Waals surface area contributed by atoms with Crippen LogP contribution in [0.4, 0.5) is 5.82 Å². The highest BCUT2D eigenvalue weighted by atomic mass is 16.4. The first-order chi connectivity index (χ1) is 9.10. The SMILES string of the molecule is CCC(=O)N1CCC(Nc2cccc(C(=O)O)n2)C1. The summed E-state index contributed by atoms with van der Waals surface area (Å²) in [6.07, 6.45) is 1.37. The normalized spacial score (nSPS) is 18.4. The summed E-state index contributed by atoms with van der Waals surface area (Å²) in [5, 5.41) is 12.1. The van der Waals surface area contributed by atoms with Crippen molar-refractivity contribution in [1.82, 2.24) is 9.88 Å². The predicted molar refractivity (Wildman–Crippen MR) is 70.1 cm³/mol. The minimum absolute atomic E-state index is 0.0180. The highest BCUT2D eigenvalue weighted by molar-refractivity contribution is 5.85. The van der Waals surface area contributed by atoms with E-state index < -0.39 is 5.97 Å². The molecule has 1 fully saturated rings. The van der Waals surface area contributed by atoms with Crippen molar-refractivity contribution in [3.05, 3.63) is 23.9 Å². The number of carboxylic acids is 1. The third-order valence-electron chi connectivity index (χ3n) is 3.16. The highest BCUT2D eigenvalue weighted by Crippen LogP contribution is 2.15. The molecule has 1 amide bonds. The van der Waals surface area contributed by atoms with Gasteiger partial charge >= 0.3 is 5.97 Å². The smallest absolute Gasteiger partial charge is 0.354 e. The number of aromatic carboxylic acids is 1. The van der Waals surface area contributed by atoms with E-state index >= 15 is 0 Å². The summed E-state index contributed by atoms with van der Waals surface area (Å²) in [6.45, 7) is 3.23. The van der Waals surface area contributed by atoms with Crippen LogP contribution in [0.2, 0.25) is 0 Å². The third kappa shape index (κ3) is 3.21. The molecule has 1 atom stereocenters. The second-order valence-corrected chi connectivity index (χ2v) is 4.54. The topological polar surface area (TPSA) is 82.5 Å². The van der Waals surface area contributed by atoms with E-state index in [4.69, 9.17) is 5.11 Å². The van der Waals surface area contributed by atoms with Gasteiger partial charge in [-0.05, 0) is 18.6 Å². The number of nitrogens with zero attached hydrogens (tertiary/aromatic N) is 2. The van der Waals surface area contributed by atoms with Gasteiger partial charge in [0.25, 0.3) is 0 Å². The zero-order chi connectivity index (χ0) is 13.8. The monoisotopic (exact) mass is 263 g/mol. The van der Waals surface area contributed by atoms with Crippen LogP contribution in [-0.2, 0) is 4.79 Å². The number of carbonyl (C=O) groups is 2. The van der Waals surface area contributed by atoms with Gasteiger partial charge in [-0.25, -0.2) is 9.78 Å². The second kappa shape index (κ2) is 5.69. The van der Waals surface area contributed by atoms with Crippen molar-refractivity contribution in [2.75, 3.05) is 18.4 Å². The van der Waals surface area contributed by atoms with Crippen molar-refractivity contribution in [2.45, 2.75) is 25.8 Å². The maximum Gasteiger partial charge on any atom is 0.354 e. The molecule has 1 aliphatic heterocycles. The van der Waals surface area contributed by atoms with Crippen molar-refractivity contribution in [2.24, 2.45) is 0 Å². The minimum Gasteiger partial charge on any atom is -0.477 e. The van der Waals surface area contributed by atoms with Gasteiger partial charge in [0.15, 0.2) is 5.69 Å². The lowest BCUT2D eigenvalue weighted by Gasteiger charge is -2.16. The van der Waals surface area contributed by atoms with E-state index in [1.807, 2.05) is 11.8 Å². The lowest BCUT2D eigenvalue weighted by Crippen LogP contribution is -2.31. The van der Waals surface area contributed by atoms with E-state index in [1.165, 1.54) is 6.07 Å². The fraction of sp³-hybridized carbons (Fsp3) is 0.462. The summed E-state index contributed by atoms with van der Waals surface area (Å²) in [5.41, 5.74) is 0.0180. The van der Waals surface area contributed by atoms with Crippen LogP contribution in [0.1, 0.15) is 30.3 Å². The van der Waals surface area contributed by atoms with E-state index in [0.29, 0.717) is 18.8 Å². The number of rotatable bonds is 4. The molecule has 102 valence electrons. The average molecular weight is 263 g/mol. The Labute approximate surface area is 111 Å². The van der Waals surface area contributed by atoms with Crippen molar-refractivity contribution >= 4 is 17.7 Å². The summed E-state index contributed by atoms with van der Waals surface area (Å²) in [7, 11) is 0. The standard InChI is InChI=1S/C13H17N3O3/c1-2-12(17)16-7-6-9(8-16)14-11-5-3-4-10(15-11)13(18)19/h3-5,9H,2,6-8H2,1H3,(H,14,15)(H,18,19). The molecule has 2 rings (SSSR count). The number of amides is 1. The number of carboxylic acid groups (broad SMARTS) is 1. The fourth-order valence-corrected chi connectivity index (χ4v) is 2.17. The van der Waals surface area contributed by atoms with Gasteiger partial charge in [-0.15, -0.1) is 0 Å². The molecule has 6 heteroatoms. The number of anilines is 1. The summed E-state index contributed by atoms with van der Waals surface area (Å²) >= 11 is 0. The van der Waals surface area contributed by atoms with Crippen molar-refractivity contribution in [1.29, 1.82) is 0 Å². The van der Waals surface area contributed by atoms with Crippen LogP contribution >= 0.6 is 0 Å². The molecule has 1 saturated heterocycles. The van der Waals surface area contributed by atoms with Crippen molar-refractivity contribution in [3.8, 4) is 0 Å². The number of nitrogens with one attached hydrogen (secondary N) is 1. The van der Waals surface area contributed by atoms with Gasteiger partial charge in [0.1, 0.15) is 5.82 Å². The number of pyridine rings is 1. The van der Waals surface area contributed by atoms with E-state index in [1.54, 1.807) is 12.1 Å². The molecule has 0 bridgehead atoms. The first-order valence-corrected chi connectivity index (χ1v) is 6.34.